The average molecular weight is 274 g/mol. The second-order valence-electron chi connectivity index (χ2n) is 4.87. The van der Waals surface area contributed by atoms with Crippen molar-refractivity contribution in [2.45, 2.75) is 43.4 Å². The van der Waals surface area contributed by atoms with Crippen molar-refractivity contribution in [1.29, 1.82) is 0 Å². The monoisotopic (exact) mass is 274 g/mol. The number of rotatable bonds is 3. The molecule has 0 fully saturated rings. The molecule has 0 saturated heterocycles. The number of thioether (sulfide) groups is 1. The van der Waals surface area contributed by atoms with Gasteiger partial charge in [0.05, 0.1) is 0 Å². The first kappa shape index (κ1) is 15.0. The highest BCUT2D eigenvalue weighted by atomic mass is 32.2. The maximum Gasteiger partial charge on any atom is 0.319 e. The first-order valence-electron chi connectivity index (χ1n) is 5.53. The Morgan fingerprint density at radius 1 is 1.33 bits per heavy atom. The van der Waals surface area contributed by atoms with E-state index in [1.807, 2.05) is 0 Å². The van der Waals surface area contributed by atoms with Crippen LogP contribution in [0.15, 0.2) is 23.1 Å². The van der Waals surface area contributed by atoms with Crippen LogP contribution >= 0.6 is 11.8 Å². The molecule has 0 heterocycles. The van der Waals surface area contributed by atoms with Gasteiger partial charge in [-0.25, -0.2) is 8.78 Å². The zero-order chi connectivity index (χ0) is 13.9. The minimum atomic E-state index is -0.597. The Balaban J connectivity index is 2.72. The summed E-state index contributed by atoms with van der Waals surface area (Å²) in [6.07, 6.45) is 0. The topological polar surface area (TPSA) is 26.3 Å². The predicted molar refractivity (Wildman–Crippen MR) is 67.5 cm³/mol. The number of carbonyl (C=O) groups excluding carboxylic acids is 1. The molecule has 1 aromatic carbocycles. The standard InChI is InChI=1S/C13H16F2O2S/c1-8(12(16)17-13(2,3)4)18-11-7-9(14)5-6-10(11)15/h5-8H,1-4H3. The molecule has 1 atom stereocenters. The Labute approximate surface area is 110 Å². The molecule has 0 aliphatic carbocycles. The lowest BCUT2D eigenvalue weighted by Crippen LogP contribution is -2.28. The Morgan fingerprint density at radius 2 is 1.94 bits per heavy atom. The van der Waals surface area contributed by atoms with Gasteiger partial charge in [0.2, 0.25) is 0 Å². The zero-order valence-electron chi connectivity index (χ0n) is 10.8. The number of halogens is 2. The summed E-state index contributed by atoms with van der Waals surface area (Å²) < 4.78 is 31.5. The third kappa shape index (κ3) is 4.64. The number of carbonyl (C=O) groups is 1. The van der Waals surface area contributed by atoms with Crippen molar-refractivity contribution in [3.63, 3.8) is 0 Å². The summed E-state index contributed by atoms with van der Waals surface area (Å²) in [7, 11) is 0. The Hall–Kier alpha value is -1.10. The van der Waals surface area contributed by atoms with Crippen LogP contribution in [0, 0.1) is 11.6 Å². The summed E-state index contributed by atoms with van der Waals surface area (Å²) in [4.78, 5) is 11.8. The molecule has 1 rings (SSSR count). The van der Waals surface area contributed by atoms with Crippen molar-refractivity contribution in [3.8, 4) is 0 Å². The van der Waals surface area contributed by atoms with Gasteiger partial charge in [-0.15, -0.1) is 11.8 Å². The first-order chi connectivity index (χ1) is 8.19. The van der Waals surface area contributed by atoms with Crippen molar-refractivity contribution in [2.24, 2.45) is 0 Å². The van der Waals surface area contributed by atoms with Crippen LogP contribution in [0.4, 0.5) is 8.78 Å². The molecule has 0 N–H and O–H groups in total. The van der Waals surface area contributed by atoms with Crippen LogP contribution < -0.4 is 0 Å². The van der Waals surface area contributed by atoms with Crippen LogP contribution in [0.3, 0.4) is 0 Å². The predicted octanol–water partition coefficient (Wildman–Crippen LogP) is 3.79. The molecule has 0 spiro atoms. The highest BCUT2D eigenvalue weighted by Crippen LogP contribution is 2.28. The molecule has 0 aromatic heterocycles. The average Bonchev–Trinajstić information content (AvgIpc) is 2.21. The Bertz CT molecular complexity index is 441. The molecule has 100 valence electrons. The van der Waals surface area contributed by atoms with E-state index in [0.717, 1.165) is 30.0 Å². The van der Waals surface area contributed by atoms with Crippen LogP contribution in [0.2, 0.25) is 0 Å². The van der Waals surface area contributed by atoms with Crippen molar-refractivity contribution in [2.75, 3.05) is 0 Å². The lowest BCUT2D eigenvalue weighted by molar-refractivity contribution is -0.153. The van der Waals surface area contributed by atoms with E-state index in [4.69, 9.17) is 4.74 Å². The molecule has 0 radical (unpaired) electrons. The van der Waals surface area contributed by atoms with Crippen molar-refractivity contribution in [3.05, 3.63) is 29.8 Å². The van der Waals surface area contributed by atoms with E-state index in [1.54, 1.807) is 27.7 Å². The molecule has 0 saturated carbocycles. The van der Waals surface area contributed by atoms with Gasteiger partial charge in [0, 0.05) is 4.90 Å². The highest BCUT2D eigenvalue weighted by Gasteiger charge is 2.23. The van der Waals surface area contributed by atoms with Crippen LogP contribution in [-0.2, 0) is 9.53 Å². The first-order valence-corrected chi connectivity index (χ1v) is 6.41. The summed E-state index contributed by atoms with van der Waals surface area (Å²) >= 11 is 0.944. The molecule has 0 bridgehead atoms. The SMILES string of the molecule is CC(Sc1cc(F)ccc1F)C(=O)OC(C)(C)C. The maximum absolute atomic E-state index is 13.4. The van der Waals surface area contributed by atoms with Crippen molar-refractivity contribution < 1.29 is 18.3 Å². The summed E-state index contributed by atoms with van der Waals surface area (Å²) in [5.41, 5.74) is -0.591. The van der Waals surface area contributed by atoms with Crippen molar-refractivity contribution in [1.82, 2.24) is 0 Å². The third-order valence-corrected chi connectivity index (χ3v) is 3.05. The maximum atomic E-state index is 13.4. The summed E-state index contributed by atoms with van der Waals surface area (Å²) in [5, 5.41) is -0.597. The van der Waals surface area contributed by atoms with Crippen LogP contribution in [-0.4, -0.2) is 16.8 Å². The zero-order valence-corrected chi connectivity index (χ0v) is 11.6. The minimum absolute atomic E-state index is 0.105. The van der Waals surface area contributed by atoms with E-state index in [9.17, 15) is 13.6 Å². The summed E-state index contributed by atoms with van der Waals surface area (Å²) in [5.74, 6) is -1.52. The van der Waals surface area contributed by atoms with Gasteiger partial charge >= 0.3 is 5.97 Å². The van der Waals surface area contributed by atoms with E-state index >= 15 is 0 Å². The number of benzene rings is 1. The molecule has 0 amide bonds. The van der Waals surface area contributed by atoms with Crippen LogP contribution in [0.1, 0.15) is 27.7 Å². The molecule has 2 nitrogen and oxygen atoms in total. The molecule has 1 aromatic rings. The molecular weight excluding hydrogens is 258 g/mol. The minimum Gasteiger partial charge on any atom is -0.459 e. The second kappa shape index (κ2) is 5.69. The summed E-state index contributed by atoms with van der Waals surface area (Å²) in [6, 6.07) is 3.15. The smallest absolute Gasteiger partial charge is 0.319 e. The van der Waals surface area contributed by atoms with Crippen molar-refractivity contribution >= 4 is 17.7 Å². The largest absolute Gasteiger partial charge is 0.459 e. The lowest BCUT2D eigenvalue weighted by atomic mass is 10.2. The normalized spacial score (nSPS) is 13.2. The Morgan fingerprint density at radius 3 is 2.50 bits per heavy atom. The quantitative estimate of drug-likeness (QED) is 0.619. The third-order valence-electron chi connectivity index (χ3n) is 1.94. The van der Waals surface area contributed by atoms with Gasteiger partial charge in [-0.2, -0.15) is 0 Å². The van der Waals surface area contributed by atoms with Gasteiger partial charge < -0.3 is 4.74 Å². The lowest BCUT2D eigenvalue weighted by Gasteiger charge is -2.22. The van der Waals surface area contributed by atoms with E-state index < -0.39 is 28.5 Å². The number of hydrogen-bond donors (Lipinski definition) is 0. The highest BCUT2D eigenvalue weighted by molar-refractivity contribution is 8.00. The fourth-order valence-corrected chi connectivity index (χ4v) is 2.08. The van der Waals surface area contributed by atoms with E-state index in [0.29, 0.717) is 0 Å². The Kier molecular flexibility index (Phi) is 4.73. The van der Waals surface area contributed by atoms with E-state index in [-0.39, 0.29) is 4.90 Å². The van der Waals surface area contributed by atoms with E-state index in [1.165, 1.54) is 0 Å². The fourth-order valence-electron chi connectivity index (χ4n) is 1.19. The molecule has 1 unspecified atom stereocenters. The van der Waals surface area contributed by atoms with Gasteiger partial charge in [-0.05, 0) is 45.9 Å². The van der Waals surface area contributed by atoms with Gasteiger partial charge in [-0.3, -0.25) is 4.79 Å². The molecule has 0 aliphatic heterocycles. The molecular formula is C13H16F2O2S. The van der Waals surface area contributed by atoms with E-state index in [2.05, 4.69) is 0 Å². The van der Waals surface area contributed by atoms with Crippen LogP contribution in [0.5, 0.6) is 0 Å². The summed E-state index contributed by atoms with van der Waals surface area (Å²) in [6.45, 7) is 6.87. The molecule has 0 aliphatic rings. The van der Waals surface area contributed by atoms with Crippen LogP contribution in [0.25, 0.3) is 0 Å². The molecule has 5 heteroatoms. The van der Waals surface area contributed by atoms with Gasteiger partial charge in [0.25, 0.3) is 0 Å². The number of esters is 1. The fraction of sp³-hybridized carbons (Fsp3) is 0.462. The van der Waals surface area contributed by atoms with Gasteiger partial charge in [-0.1, -0.05) is 0 Å². The number of ether oxygens (including phenoxy) is 1. The molecule has 18 heavy (non-hydrogen) atoms. The van der Waals surface area contributed by atoms with Gasteiger partial charge in [0.15, 0.2) is 0 Å². The second-order valence-corrected chi connectivity index (χ2v) is 6.25. The number of hydrogen-bond acceptors (Lipinski definition) is 3. The van der Waals surface area contributed by atoms with Gasteiger partial charge in [0.1, 0.15) is 22.5 Å².